The largest absolute Gasteiger partial charge is 0.383 e. The molecule has 0 saturated carbocycles. The molecule has 0 amide bonds. The maximum atomic E-state index is 11.6. The van der Waals surface area contributed by atoms with Gasteiger partial charge >= 0.3 is 5.69 Å². The lowest BCUT2D eigenvalue weighted by Crippen LogP contribution is -2.27. The number of hydrogen-bond acceptors (Lipinski definition) is 4. The molecule has 16 heavy (non-hydrogen) atoms. The summed E-state index contributed by atoms with van der Waals surface area (Å²) in [6, 6.07) is 1.62. The number of nitrogens with zero attached hydrogens (tertiary/aromatic N) is 2. The zero-order valence-corrected chi connectivity index (χ0v) is 9.59. The first-order valence-corrected chi connectivity index (χ1v) is 5.62. The number of aromatic nitrogens is 2. The van der Waals surface area contributed by atoms with Gasteiger partial charge in [-0.3, -0.25) is 4.57 Å². The zero-order chi connectivity index (χ0) is 11.7. The predicted molar refractivity (Wildman–Crippen MR) is 60.9 cm³/mol. The van der Waals surface area contributed by atoms with E-state index >= 15 is 0 Å². The van der Waals surface area contributed by atoms with Crippen LogP contribution in [0.15, 0.2) is 17.1 Å². The van der Waals surface area contributed by atoms with Crippen LogP contribution >= 0.6 is 0 Å². The predicted octanol–water partition coefficient (Wildman–Crippen LogP) is 1.16. The van der Waals surface area contributed by atoms with Crippen LogP contribution in [0.2, 0.25) is 0 Å². The van der Waals surface area contributed by atoms with Crippen LogP contribution in [0, 0.1) is 5.92 Å². The lowest BCUT2D eigenvalue weighted by atomic mass is 10.0. The van der Waals surface area contributed by atoms with Crippen molar-refractivity contribution in [1.29, 1.82) is 0 Å². The van der Waals surface area contributed by atoms with E-state index < -0.39 is 0 Å². The molecule has 1 aromatic rings. The molecular weight excluding hydrogens is 206 g/mol. The third-order valence-electron chi connectivity index (χ3n) is 3.10. The summed E-state index contributed by atoms with van der Waals surface area (Å²) in [7, 11) is 0. The Hall–Kier alpha value is -1.36. The summed E-state index contributed by atoms with van der Waals surface area (Å²) in [6.07, 6.45) is 3.51. The molecule has 5 nitrogen and oxygen atoms in total. The third kappa shape index (κ3) is 1.95. The summed E-state index contributed by atoms with van der Waals surface area (Å²) in [5, 5.41) is 0. The number of nitrogen functional groups attached to an aromatic ring is 1. The molecule has 1 aliphatic heterocycles. The van der Waals surface area contributed by atoms with Crippen LogP contribution in [-0.2, 0) is 4.74 Å². The van der Waals surface area contributed by atoms with E-state index in [1.165, 1.54) is 4.57 Å². The van der Waals surface area contributed by atoms with Gasteiger partial charge in [-0.25, -0.2) is 4.79 Å². The van der Waals surface area contributed by atoms with Crippen LogP contribution in [0.4, 0.5) is 5.82 Å². The second kappa shape index (κ2) is 4.25. The van der Waals surface area contributed by atoms with E-state index in [9.17, 15) is 4.79 Å². The fourth-order valence-corrected chi connectivity index (χ4v) is 2.18. The van der Waals surface area contributed by atoms with Crippen molar-refractivity contribution >= 4 is 5.82 Å². The first-order chi connectivity index (χ1) is 7.61. The standard InChI is InChI=1S/C11H17N3O2/c1-3-8-7(2)6-10(16-8)14-5-4-9(12)13-11(14)15/h4-5,7-8,10H,3,6H2,1-2H3,(H2,12,13,15). The molecule has 2 rings (SSSR count). The first-order valence-electron chi connectivity index (χ1n) is 5.62. The topological polar surface area (TPSA) is 70.1 Å². The maximum absolute atomic E-state index is 11.6. The summed E-state index contributed by atoms with van der Waals surface area (Å²) in [4.78, 5) is 15.3. The SMILES string of the molecule is CCC1OC(n2ccc(N)nc2=O)CC1C. The minimum atomic E-state index is -0.339. The van der Waals surface area contributed by atoms with E-state index in [1.54, 1.807) is 12.3 Å². The summed E-state index contributed by atoms with van der Waals surface area (Å²) in [6.45, 7) is 4.23. The quantitative estimate of drug-likeness (QED) is 0.816. The van der Waals surface area contributed by atoms with Crippen LogP contribution in [0.1, 0.15) is 32.9 Å². The Morgan fingerprint density at radius 3 is 3.00 bits per heavy atom. The minimum Gasteiger partial charge on any atom is -0.383 e. The molecule has 1 aliphatic rings. The van der Waals surface area contributed by atoms with E-state index in [2.05, 4.69) is 18.8 Å². The minimum absolute atomic E-state index is 0.194. The van der Waals surface area contributed by atoms with Crippen molar-refractivity contribution in [3.05, 3.63) is 22.7 Å². The Kier molecular flexibility index (Phi) is 2.96. The third-order valence-corrected chi connectivity index (χ3v) is 3.10. The number of rotatable bonds is 2. The molecule has 3 atom stereocenters. The van der Waals surface area contributed by atoms with Gasteiger partial charge in [0.05, 0.1) is 6.10 Å². The molecule has 88 valence electrons. The number of ether oxygens (including phenoxy) is 1. The molecule has 2 heterocycles. The monoisotopic (exact) mass is 223 g/mol. The highest BCUT2D eigenvalue weighted by molar-refractivity contribution is 5.23. The molecule has 3 unspecified atom stereocenters. The van der Waals surface area contributed by atoms with Gasteiger partial charge < -0.3 is 10.5 Å². The molecule has 0 spiro atoms. The van der Waals surface area contributed by atoms with Gasteiger partial charge in [0.15, 0.2) is 0 Å². The van der Waals surface area contributed by atoms with Gasteiger partial charge in [-0.2, -0.15) is 4.98 Å². The van der Waals surface area contributed by atoms with Crippen LogP contribution in [-0.4, -0.2) is 15.7 Å². The summed E-state index contributed by atoms with van der Waals surface area (Å²) in [5.74, 6) is 0.721. The fraction of sp³-hybridized carbons (Fsp3) is 0.636. The Labute approximate surface area is 94.2 Å². The van der Waals surface area contributed by atoms with Crippen molar-refractivity contribution in [3.63, 3.8) is 0 Å². The summed E-state index contributed by atoms with van der Waals surface area (Å²) >= 11 is 0. The van der Waals surface area contributed by atoms with Crippen molar-refractivity contribution in [2.24, 2.45) is 5.92 Å². The van der Waals surface area contributed by atoms with Gasteiger partial charge in [-0.1, -0.05) is 13.8 Å². The Morgan fingerprint density at radius 2 is 2.44 bits per heavy atom. The van der Waals surface area contributed by atoms with Gasteiger partial charge in [0.2, 0.25) is 0 Å². The zero-order valence-electron chi connectivity index (χ0n) is 9.59. The van der Waals surface area contributed by atoms with Crippen LogP contribution in [0.3, 0.4) is 0 Å². The van der Waals surface area contributed by atoms with E-state index in [-0.39, 0.29) is 23.8 Å². The Morgan fingerprint density at radius 1 is 1.69 bits per heavy atom. The van der Waals surface area contributed by atoms with Gasteiger partial charge in [0.1, 0.15) is 12.0 Å². The molecule has 0 radical (unpaired) electrons. The lowest BCUT2D eigenvalue weighted by Gasteiger charge is -2.14. The van der Waals surface area contributed by atoms with Crippen LogP contribution < -0.4 is 11.4 Å². The van der Waals surface area contributed by atoms with Crippen molar-refractivity contribution in [2.75, 3.05) is 5.73 Å². The molecule has 1 aromatic heterocycles. The Balaban J connectivity index is 2.23. The number of nitrogens with two attached hydrogens (primary N) is 1. The van der Waals surface area contributed by atoms with Crippen molar-refractivity contribution in [2.45, 2.75) is 39.0 Å². The lowest BCUT2D eigenvalue weighted by molar-refractivity contribution is -0.00747. The highest BCUT2D eigenvalue weighted by Gasteiger charge is 2.32. The highest BCUT2D eigenvalue weighted by Crippen LogP contribution is 2.33. The molecule has 5 heteroatoms. The molecule has 0 aliphatic carbocycles. The second-order valence-electron chi connectivity index (χ2n) is 4.29. The van der Waals surface area contributed by atoms with E-state index in [0.717, 1.165) is 12.8 Å². The van der Waals surface area contributed by atoms with Gasteiger partial charge in [0, 0.05) is 6.20 Å². The highest BCUT2D eigenvalue weighted by atomic mass is 16.5. The van der Waals surface area contributed by atoms with Crippen molar-refractivity contribution in [1.82, 2.24) is 9.55 Å². The second-order valence-corrected chi connectivity index (χ2v) is 4.29. The normalized spacial score (nSPS) is 29.5. The number of hydrogen-bond donors (Lipinski definition) is 1. The van der Waals surface area contributed by atoms with Crippen molar-refractivity contribution < 1.29 is 4.74 Å². The van der Waals surface area contributed by atoms with Crippen LogP contribution in [0.25, 0.3) is 0 Å². The Bertz CT molecular complexity index is 429. The first kappa shape index (κ1) is 11.1. The summed E-state index contributed by atoms with van der Waals surface area (Å²) in [5.41, 5.74) is 5.10. The van der Waals surface area contributed by atoms with Crippen molar-refractivity contribution in [3.8, 4) is 0 Å². The van der Waals surface area contributed by atoms with Gasteiger partial charge in [-0.15, -0.1) is 0 Å². The molecule has 1 saturated heterocycles. The van der Waals surface area contributed by atoms with Crippen LogP contribution in [0.5, 0.6) is 0 Å². The molecule has 2 N–H and O–H groups in total. The molecule has 0 aromatic carbocycles. The molecule has 0 bridgehead atoms. The van der Waals surface area contributed by atoms with Gasteiger partial charge in [0.25, 0.3) is 0 Å². The van der Waals surface area contributed by atoms with E-state index in [1.807, 2.05) is 0 Å². The number of anilines is 1. The average Bonchev–Trinajstić information content (AvgIpc) is 2.59. The molecule has 1 fully saturated rings. The maximum Gasteiger partial charge on any atom is 0.351 e. The smallest absolute Gasteiger partial charge is 0.351 e. The van der Waals surface area contributed by atoms with Gasteiger partial charge in [-0.05, 0) is 24.8 Å². The summed E-state index contributed by atoms with van der Waals surface area (Å²) < 4.78 is 7.33. The average molecular weight is 223 g/mol. The fourth-order valence-electron chi connectivity index (χ4n) is 2.18. The van der Waals surface area contributed by atoms with E-state index in [4.69, 9.17) is 10.5 Å². The molecular formula is C11H17N3O2. The van der Waals surface area contributed by atoms with E-state index in [0.29, 0.717) is 5.92 Å².